The number of rotatable bonds is 7. The van der Waals surface area contributed by atoms with Gasteiger partial charge in [0.15, 0.2) is 11.2 Å². The highest BCUT2D eigenvalue weighted by molar-refractivity contribution is 5.96. The molecule has 32 heavy (non-hydrogen) atoms. The lowest BCUT2D eigenvalue weighted by molar-refractivity contribution is -0.135. The Hall–Kier alpha value is -4.55. The number of nitrogen functional groups attached to an aromatic ring is 1. The Morgan fingerprint density at radius 1 is 1.16 bits per heavy atom. The van der Waals surface area contributed by atoms with Crippen LogP contribution < -0.4 is 27.7 Å². The number of anilines is 2. The quantitative estimate of drug-likeness (QED) is 0.278. The van der Waals surface area contributed by atoms with Gasteiger partial charge in [0.1, 0.15) is 6.54 Å². The minimum absolute atomic E-state index is 0.0276. The number of nitrogens with zero attached hydrogens (tertiary/aromatic N) is 3. The monoisotopic (exact) mass is 442 g/mol. The number of aromatic amines is 1. The number of hydrogen-bond acceptors (Lipinski definition) is 9. The first-order chi connectivity index (χ1) is 15.2. The number of primary amides is 1. The summed E-state index contributed by atoms with van der Waals surface area (Å²) in [5.41, 5.74) is 11.5. The summed E-state index contributed by atoms with van der Waals surface area (Å²) in [6.07, 6.45) is 1.93. The fraction of sp³-hybridized carbons (Fsp3) is 0.211. The number of aromatic nitrogens is 4. The van der Waals surface area contributed by atoms with Gasteiger partial charge in [0, 0.05) is 17.7 Å². The molecular weight excluding hydrogens is 420 g/mol. The van der Waals surface area contributed by atoms with Crippen molar-refractivity contribution in [3.05, 3.63) is 52.1 Å². The molecule has 3 aromatic rings. The number of carboxylic acid groups (broad SMARTS) is 1. The molecule has 13 heteroatoms. The van der Waals surface area contributed by atoms with E-state index in [0.717, 1.165) is 0 Å². The first-order valence-corrected chi connectivity index (χ1v) is 9.33. The average Bonchev–Trinajstić information content (AvgIpc) is 2.76. The molecule has 0 saturated carbocycles. The van der Waals surface area contributed by atoms with E-state index in [1.165, 1.54) is 6.20 Å². The topological polar surface area (TPSA) is 219 Å². The van der Waals surface area contributed by atoms with Crippen molar-refractivity contribution in [1.82, 2.24) is 25.3 Å². The number of fused-ring (bicyclic) bond motifs is 1. The highest BCUT2D eigenvalue weighted by atomic mass is 16.4. The summed E-state index contributed by atoms with van der Waals surface area (Å²) in [6, 6.07) is 6.45. The molecule has 8 N–H and O–H groups in total. The lowest BCUT2D eigenvalue weighted by Crippen LogP contribution is -2.29. The Kier molecular flexibility index (Phi) is 8.16. The van der Waals surface area contributed by atoms with Gasteiger partial charge < -0.3 is 27.2 Å². The van der Waals surface area contributed by atoms with Crippen LogP contribution in [0.25, 0.3) is 11.2 Å². The fourth-order valence-corrected chi connectivity index (χ4v) is 2.25. The van der Waals surface area contributed by atoms with Crippen LogP contribution in [0.3, 0.4) is 0 Å². The maximum absolute atomic E-state index is 11.8. The van der Waals surface area contributed by atoms with E-state index in [4.69, 9.17) is 10.8 Å². The van der Waals surface area contributed by atoms with E-state index >= 15 is 0 Å². The molecule has 2 amide bonds. The van der Waals surface area contributed by atoms with Gasteiger partial charge in [0.2, 0.25) is 11.9 Å². The summed E-state index contributed by atoms with van der Waals surface area (Å²) in [6.45, 7) is 1.57. The molecule has 1 aromatic carbocycles. The van der Waals surface area contributed by atoms with E-state index in [0.29, 0.717) is 23.4 Å². The Morgan fingerprint density at radius 3 is 2.41 bits per heavy atom. The number of carboxylic acids is 1. The van der Waals surface area contributed by atoms with E-state index in [1.54, 1.807) is 31.2 Å². The Bertz CT molecular complexity index is 1180. The van der Waals surface area contributed by atoms with E-state index in [-0.39, 0.29) is 29.6 Å². The second-order valence-electron chi connectivity index (χ2n) is 6.31. The number of benzene rings is 1. The Balaban J connectivity index is 0.000000654. The third kappa shape index (κ3) is 7.05. The smallest absolute Gasteiger partial charge is 0.322 e. The third-order valence-corrected chi connectivity index (χ3v) is 3.86. The highest BCUT2D eigenvalue weighted by Crippen LogP contribution is 2.11. The maximum Gasteiger partial charge on any atom is 0.322 e. The molecule has 2 aromatic heterocycles. The molecule has 2 heterocycles. The summed E-state index contributed by atoms with van der Waals surface area (Å²) in [7, 11) is 0. The van der Waals surface area contributed by atoms with Crippen molar-refractivity contribution < 1.29 is 19.5 Å². The summed E-state index contributed by atoms with van der Waals surface area (Å²) < 4.78 is 0. The van der Waals surface area contributed by atoms with Gasteiger partial charge in [0.25, 0.3) is 11.5 Å². The van der Waals surface area contributed by atoms with Crippen LogP contribution in [0.2, 0.25) is 0 Å². The number of hydrogen-bond donors (Lipinski definition) is 6. The van der Waals surface area contributed by atoms with Crippen LogP contribution in [0.1, 0.15) is 29.4 Å². The summed E-state index contributed by atoms with van der Waals surface area (Å²) >= 11 is 0. The molecule has 13 nitrogen and oxygen atoms in total. The fourth-order valence-electron chi connectivity index (χ4n) is 2.25. The zero-order valence-electron chi connectivity index (χ0n) is 17.1. The molecule has 0 spiro atoms. The van der Waals surface area contributed by atoms with Gasteiger partial charge in [-0.15, -0.1) is 0 Å². The van der Waals surface area contributed by atoms with E-state index < -0.39 is 24.0 Å². The number of carbonyl (C=O) groups is 3. The standard InChI is InChI=1S/C16H15N7O4.C3H7NO/c17-16-22-13-12(15(27)23-16)21-10(6-19-13)5-18-9-3-1-8(2-4-9)14(26)20-7-11(24)25;1-2-3(4)5/h1-4,6,18H,5,7H2,(H,20,26)(H,24,25)(H3,17,19,22,23,27);2H2,1H3,(H2,4,5). The van der Waals surface area contributed by atoms with Crippen LogP contribution in [0, 0.1) is 0 Å². The van der Waals surface area contributed by atoms with Crippen molar-refractivity contribution >= 4 is 40.6 Å². The Morgan fingerprint density at radius 2 is 1.81 bits per heavy atom. The number of nitrogens with one attached hydrogen (secondary N) is 3. The van der Waals surface area contributed by atoms with Crippen molar-refractivity contribution in [3.63, 3.8) is 0 Å². The molecule has 0 fully saturated rings. The van der Waals surface area contributed by atoms with Gasteiger partial charge in [-0.2, -0.15) is 4.98 Å². The van der Waals surface area contributed by atoms with Crippen molar-refractivity contribution in [1.29, 1.82) is 0 Å². The first-order valence-electron chi connectivity index (χ1n) is 9.33. The van der Waals surface area contributed by atoms with Gasteiger partial charge in [0.05, 0.1) is 18.4 Å². The average molecular weight is 442 g/mol. The van der Waals surface area contributed by atoms with Crippen molar-refractivity contribution in [2.75, 3.05) is 17.6 Å². The largest absolute Gasteiger partial charge is 0.480 e. The molecular formula is C19H22N8O5. The van der Waals surface area contributed by atoms with Gasteiger partial charge in [-0.05, 0) is 24.3 Å². The summed E-state index contributed by atoms with van der Waals surface area (Å²) in [5.74, 6) is -1.87. The van der Waals surface area contributed by atoms with Crippen molar-refractivity contribution in [2.24, 2.45) is 5.73 Å². The lowest BCUT2D eigenvalue weighted by Gasteiger charge is -2.08. The van der Waals surface area contributed by atoms with Crippen LogP contribution in [0.4, 0.5) is 11.6 Å². The van der Waals surface area contributed by atoms with Crippen molar-refractivity contribution in [3.8, 4) is 0 Å². The van der Waals surface area contributed by atoms with Gasteiger partial charge in [-0.3, -0.25) is 24.2 Å². The molecule has 0 radical (unpaired) electrons. The van der Waals surface area contributed by atoms with Gasteiger partial charge >= 0.3 is 5.97 Å². The minimum Gasteiger partial charge on any atom is -0.480 e. The number of amides is 2. The van der Waals surface area contributed by atoms with Gasteiger partial charge in [-0.25, -0.2) is 9.97 Å². The molecule has 0 atom stereocenters. The summed E-state index contributed by atoms with van der Waals surface area (Å²) in [5, 5.41) is 13.9. The zero-order chi connectivity index (χ0) is 23.7. The SMILES string of the molecule is CCC(N)=O.Nc1nc2ncc(CNc3ccc(C(=O)NCC(=O)O)cc3)nc2c(=O)[nH]1. The third-order valence-electron chi connectivity index (χ3n) is 3.86. The van der Waals surface area contributed by atoms with E-state index in [2.05, 4.69) is 36.3 Å². The molecule has 0 aliphatic carbocycles. The Labute approximate surface area is 181 Å². The predicted molar refractivity (Wildman–Crippen MR) is 116 cm³/mol. The van der Waals surface area contributed by atoms with Gasteiger partial charge in [-0.1, -0.05) is 6.92 Å². The van der Waals surface area contributed by atoms with E-state index in [9.17, 15) is 19.2 Å². The second-order valence-corrected chi connectivity index (χ2v) is 6.31. The second kappa shape index (κ2) is 11.0. The molecule has 3 rings (SSSR count). The van der Waals surface area contributed by atoms with Crippen molar-refractivity contribution in [2.45, 2.75) is 19.9 Å². The molecule has 0 aliphatic rings. The van der Waals surface area contributed by atoms with Crippen LogP contribution in [0.5, 0.6) is 0 Å². The lowest BCUT2D eigenvalue weighted by atomic mass is 10.2. The number of aliphatic carboxylic acids is 1. The molecule has 0 unspecified atom stereocenters. The van der Waals surface area contributed by atoms with Crippen LogP contribution in [-0.4, -0.2) is 49.4 Å². The van der Waals surface area contributed by atoms with E-state index in [1.807, 2.05) is 0 Å². The molecule has 0 saturated heterocycles. The van der Waals surface area contributed by atoms with Crippen LogP contribution >= 0.6 is 0 Å². The maximum atomic E-state index is 11.8. The minimum atomic E-state index is -1.12. The molecule has 0 bridgehead atoms. The predicted octanol–water partition coefficient (Wildman–Crippen LogP) is -0.396. The molecule has 0 aliphatic heterocycles. The number of carbonyl (C=O) groups excluding carboxylic acids is 2. The summed E-state index contributed by atoms with van der Waals surface area (Å²) in [4.78, 5) is 58.2. The highest BCUT2D eigenvalue weighted by Gasteiger charge is 2.08. The number of nitrogens with two attached hydrogens (primary N) is 2. The first kappa shape index (κ1) is 23.7. The zero-order valence-corrected chi connectivity index (χ0v) is 17.1. The van der Waals surface area contributed by atoms with Crippen LogP contribution in [-0.2, 0) is 16.1 Å². The normalized spacial score (nSPS) is 10.0. The van der Waals surface area contributed by atoms with Crippen LogP contribution in [0.15, 0.2) is 35.3 Å². The molecule has 168 valence electrons. The number of H-pyrrole nitrogens is 1.